The molecule has 0 N–H and O–H groups in total. The third kappa shape index (κ3) is 1.63. The Bertz CT molecular complexity index is 579. The Kier molecular flexibility index (Phi) is 2.55. The highest BCUT2D eigenvalue weighted by Gasteiger charge is 2.10. The Labute approximate surface area is 95.4 Å². The molecule has 16 heavy (non-hydrogen) atoms. The van der Waals surface area contributed by atoms with Crippen LogP contribution in [0.5, 0.6) is 0 Å². The van der Waals surface area contributed by atoms with Gasteiger partial charge in [0.15, 0.2) is 0 Å². The van der Waals surface area contributed by atoms with E-state index in [1.54, 1.807) is 6.92 Å². The number of hydrogen-bond donors (Lipinski definition) is 0. The minimum absolute atomic E-state index is 0.129. The van der Waals surface area contributed by atoms with Crippen molar-refractivity contribution in [2.75, 3.05) is 0 Å². The van der Waals surface area contributed by atoms with Crippen LogP contribution in [-0.4, -0.2) is 0 Å². The number of halogens is 1. The molecule has 0 saturated heterocycles. The van der Waals surface area contributed by atoms with Gasteiger partial charge in [-0.15, -0.1) is 0 Å². The molecule has 1 heteroatoms. The Balaban J connectivity index is 2.88. The molecular weight excluding hydrogens is 199 g/mol. The molecule has 0 unspecified atom stereocenters. The summed E-state index contributed by atoms with van der Waals surface area (Å²) in [5.41, 5.74) is 3.64. The van der Waals surface area contributed by atoms with Gasteiger partial charge in [-0.1, -0.05) is 35.9 Å². The lowest BCUT2D eigenvalue weighted by Gasteiger charge is -2.10. The van der Waals surface area contributed by atoms with Crippen LogP contribution < -0.4 is 0 Å². The van der Waals surface area contributed by atoms with Gasteiger partial charge in [0, 0.05) is 5.39 Å². The molecule has 0 heterocycles. The summed E-state index contributed by atoms with van der Waals surface area (Å²) < 4.78 is 14.1. The van der Waals surface area contributed by atoms with Crippen molar-refractivity contribution < 1.29 is 4.39 Å². The van der Waals surface area contributed by atoms with Crippen LogP contribution in [0.3, 0.4) is 0 Å². The van der Waals surface area contributed by atoms with Gasteiger partial charge in [-0.3, -0.25) is 0 Å². The Hall–Kier alpha value is -1.63. The monoisotopic (exact) mass is 214 g/mol. The molecule has 82 valence electrons. The van der Waals surface area contributed by atoms with E-state index in [0.29, 0.717) is 10.9 Å². The lowest BCUT2D eigenvalue weighted by Crippen LogP contribution is -1.92. The zero-order valence-corrected chi connectivity index (χ0v) is 9.89. The first-order valence-corrected chi connectivity index (χ1v) is 5.36. The zero-order valence-electron chi connectivity index (χ0n) is 9.89. The second kappa shape index (κ2) is 3.75. The molecule has 0 aliphatic carbocycles. The minimum atomic E-state index is -0.129. The van der Waals surface area contributed by atoms with Crippen molar-refractivity contribution in [1.29, 1.82) is 0 Å². The summed E-state index contributed by atoms with van der Waals surface area (Å²) in [5.74, 6) is -0.129. The first kappa shape index (κ1) is 10.9. The summed E-state index contributed by atoms with van der Waals surface area (Å²) in [7, 11) is 0. The van der Waals surface area contributed by atoms with Crippen molar-refractivity contribution in [3.8, 4) is 0 Å². The number of benzene rings is 2. The van der Waals surface area contributed by atoms with Crippen LogP contribution in [-0.2, 0) is 0 Å². The fraction of sp³-hybridized carbons (Fsp3) is 0.200. The molecule has 0 fully saturated rings. The Morgan fingerprint density at radius 2 is 1.88 bits per heavy atom. The van der Waals surface area contributed by atoms with E-state index < -0.39 is 0 Å². The van der Waals surface area contributed by atoms with Crippen molar-refractivity contribution in [3.63, 3.8) is 0 Å². The highest BCUT2D eigenvalue weighted by Crippen LogP contribution is 2.28. The van der Waals surface area contributed by atoms with E-state index >= 15 is 0 Å². The van der Waals surface area contributed by atoms with Gasteiger partial charge < -0.3 is 0 Å². The molecular formula is C15H15F. The Morgan fingerprint density at radius 1 is 1.19 bits per heavy atom. The molecule has 0 aliphatic heterocycles. The van der Waals surface area contributed by atoms with Crippen LogP contribution in [0.1, 0.15) is 23.6 Å². The second-order valence-corrected chi connectivity index (χ2v) is 4.37. The normalized spacial score (nSPS) is 10.8. The first-order chi connectivity index (χ1) is 7.50. The number of hydrogen-bond acceptors (Lipinski definition) is 0. The van der Waals surface area contributed by atoms with Crippen LogP contribution in [0.15, 0.2) is 30.8 Å². The molecule has 0 atom stereocenters. The van der Waals surface area contributed by atoms with E-state index in [4.69, 9.17) is 0 Å². The van der Waals surface area contributed by atoms with Crippen LogP contribution in [0, 0.1) is 19.7 Å². The number of aryl methyl sites for hydroxylation is 1. The van der Waals surface area contributed by atoms with Gasteiger partial charge in [0.1, 0.15) is 5.82 Å². The molecule has 0 saturated carbocycles. The van der Waals surface area contributed by atoms with Crippen LogP contribution >= 0.6 is 0 Å². The van der Waals surface area contributed by atoms with Gasteiger partial charge in [0.05, 0.1) is 0 Å². The molecule has 0 radical (unpaired) electrons. The molecule has 0 bridgehead atoms. The molecule has 2 aromatic carbocycles. The highest BCUT2D eigenvalue weighted by atomic mass is 19.1. The fourth-order valence-electron chi connectivity index (χ4n) is 2.03. The van der Waals surface area contributed by atoms with Crippen LogP contribution in [0.2, 0.25) is 0 Å². The number of rotatable bonds is 1. The standard InChI is InChI=1S/C15H15F/c1-9(2)14-8-12-7-10(3)5-6-13(12)15(16)11(14)4/h5-8H,1H2,2-4H3. The smallest absolute Gasteiger partial charge is 0.134 e. The molecule has 0 amide bonds. The van der Waals surface area contributed by atoms with Gasteiger partial charge in [-0.05, 0) is 43.4 Å². The summed E-state index contributed by atoms with van der Waals surface area (Å²) in [6, 6.07) is 7.80. The van der Waals surface area contributed by atoms with Gasteiger partial charge in [-0.25, -0.2) is 4.39 Å². The SMILES string of the molecule is C=C(C)c1cc2cc(C)ccc2c(F)c1C. The van der Waals surface area contributed by atoms with E-state index in [2.05, 4.69) is 6.58 Å². The predicted octanol–water partition coefficient (Wildman–Crippen LogP) is 4.63. The van der Waals surface area contributed by atoms with E-state index in [1.807, 2.05) is 38.1 Å². The van der Waals surface area contributed by atoms with Crippen molar-refractivity contribution in [3.05, 3.63) is 53.4 Å². The zero-order chi connectivity index (χ0) is 11.9. The van der Waals surface area contributed by atoms with Gasteiger partial charge in [0.2, 0.25) is 0 Å². The maximum atomic E-state index is 14.1. The third-order valence-corrected chi connectivity index (χ3v) is 2.94. The molecule has 2 rings (SSSR count). The molecule has 0 aliphatic rings. The molecule has 2 aromatic rings. The average Bonchev–Trinajstić information content (AvgIpc) is 2.22. The summed E-state index contributed by atoms with van der Waals surface area (Å²) in [6.45, 7) is 9.61. The largest absolute Gasteiger partial charge is 0.206 e. The predicted molar refractivity (Wildman–Crippen MR) is 68.1 cm³/mol. The van der Waals surface area contributed by atoms with Crippen LogP contribution in [0.4, 0.5) is 4.39 Å². The third-order valence-electron chi connectivity index (χ3n) is 2.94. The van der Waals surface area contributed by atoms with E-state index in [1.165, 1.54) is 0 Å². The van der Waals surface area contributed by atoms with Crippen molar-refractivity contribution >= 4 is 16.3 Å². The Morgan fingerprint density at radius 3 is 2.50 bits per heavy atom. The van der Waals surface area contributed by atoms with E-state index in [0.717, 1.165) is 22.1 Å². The lowest BCUT2D eigenvalue weighted by molar-refractivity contribution is 0.630. The topological polar surface area (TPSA) is 0 Å². The minimum Gasteiger partial charge on any atom is -0.206 e. The molecule has 0 spiro atoms. The van der Waals surface area contributed by atoms with E-state index in [9.17, 15) is 4.39 Å². The van der Waals surface area contributed by atoms with Gasteiger partial charge in [-0.2, -0.15) is 0 Å². The van der Waals surface area contributed by atoms with E-state index in [-0.39, 0.29) is 5.82 Å². The lowest BCUT2D eigenvalue weighted by atomic mass is 9.96. The summed E-state index contributed by atoms with van der Waals surface area (Å²) in [4.78, 5) is 0. The second-order valence-electron chi connectivity index (χ2n) is 4.37. The summed E-state index contributed by atoms with van der Waals surface area (Å²) in [6.07, 6.45) is 0. The van der Waals surface area contributed by atoms with Crippen molar-refractivity contribution in [2.24, 2.45) is 0 Å². The van der Waals surface area contributed by atoms with Gasteiger partial charge >= 0.3 is 0 Å². The average molecular weight is 214 g/mol. The fourth-order valence-corrected chi connectivity index (χ4v) is 2.03. The quantitative estimate of drug-likeness (QED) is 0.649. The summed E-state index contributed by atoms with van der Waals surface area (Å²) in [5, 5.41) is 1.63. The maximum Gasteiger partial charge on any atom is 0.134 e. The van der Waals surface area contributed by atoms with Crippen LogP contribution in [0.25, 0.3) is 16.3 Å². The first-order valence-electron chi connectivity index (χ1n) is 5.36. The molecule has 0 aromatic heterocycles. The van der Waals surface area contributed by atoms with Gasteiger partial charge in [0.25, 0.3) is 0 Å². The number of fused-ring (bicyclic) bond motifs is 1. The van der Waals surface area contributed by atoms with Crippen molar-refractivity contribution in [2.45, 2.75) is 20.8 Å². The highest BCUT2D eigenvalue weighted by molar-refractivity contribution is 5.88. The van der Waals surface area contributed by atoms with Crippen molar-refractivity contribution in [1.82, 2.24) is 0 Å². The molecule has 0 nitrogen and oxygen atoms in total. The summed E-state index contributed by atoms with van der Waals surface area (Å²) >= 11 is 0. The number of allylic oxidation sites excluding steroid dienone is 1. The maximum absolute atomic E-state index is 14.1.